The fourth-order valence-corrected chi connectivity index (χ4v) is 7.19. The van der Waals surface area contributed by atoms with Crippen LogP contribution in [0.15, 0.2) is 24.3 Å². The zero-order valence-electron chi connectivity index (χ0n) is 28.7. The second-order valence-corrected chi connectivity index (χ2v) is 13.0. The average Bonchev–Trinajstić information content (AvgIpc) is 3.75. The molecule has 4 fully saturated rings. The molecule has 0 radical (unpaired) electrons. The maximum absolute atomic E-state index is 11.1. The number of phenolic OH excluding ortho intramolecular Hbond substituents is 1. The van der Waals surface area contributed by atoms with Crippen LogP contribution in [0.25, 0.3) is 0 Å². The first-order valence-electron chi connectivity index (χ1n) is 16.5. The molecule has 0 bridgehead atoms. The van der Waals surface area contributed by atoms with E-state index in [1.807, 2.05) is 0 Å². The van der Waals surface area contributed by atoms with E-state index in [1.165, 1.54) is 35.4 Å². The maximum Gasteiger partial charge on any atom is 0.230 e. The Kier molecular flexibility index (Phi) is 11.4. The predicted molar refractivity (Wildman–Crippen MR) is 171 cm³/mol. The summed E-state index contributed by atoms with van der Waals surface area (Å²) in [6, 6.07) is 6.83. The summed E-state index contributed by atoms with van der Waals surface area (Å²) in [7, 11) is 5.73. The maximum atomic E-state index is 11.1. The van der Waals surface area contributed by atoms with Gasteiger partial charge in [0.05, 0.1) is 66.6 Å². The zero-order chi connectivity index (χ0) is 36.7. The van der Waals surface area contributed by atoms with Crippen molar-refractivity contribution in [3.05, 3.63) is 35.4 Å². The van der Waals surface area contributed by atoms with Gasteiger partial charge in [-0.3, -0.25) is 0 Å². The molecular formula is C34H46O17. The molecule has 2 aromatic carbocycles. The molecule has 0 aliphatic carbocycles. The van der Waals surface area contributed by atoms with Crippen molar-refractivity contribution in [2.24, 2.45) is 11.8 Å². The standard InChI is InChI=1S/C34H46O17/c1-13-23(36)26(39)28(41)33(48-13)51-32-27(40)25(38)22(10-35)49-34(32)50-31-20(44-4)8-15(9-21(31)45-5)30-17-12-46-29(16(17)11-47-30)14-6-18(42-2)24(37)19(7-14)43-3/h6-9,13,16-17,22-23,25-30,32-41H,10-12H2,1-5H3/t13-,16+,17-,22+,23-,25+,26+,27-,28+,29-,30-,32+,33-,34-/m0/s1. The Labute approximate surface area is 293 Å². The number of benzene rings is 2. The van der Waals surface area contributed by atoms with Crippen LogP contribution in [0, 0.1) is 11.8 Å². The summed E-state index contributed by atoms with van der Waals surface area (Å²) in [5.74, 6) is 0.658. The Morgan fingerprint density at radius 3 is 1.65 bits per heavy atom. The third kappa shape index (κ3) is 6.89. The second-order valence-electron chi connectivity index (χ2n) is 13.0. The first kappa shape index (κ1) is 37.6. The van der Waals surface area contributed by atoms with E-state index in [-0.39, 0.29) is 52.4 Å². The first-order chi connectivity index (χ1) is 24.4. The number of rotatable bonds is 11. The third-order valence-corrected chi connectivity index (χ3v) is 10.1. The van der Waals surface area contributed by atoms with Crippen LogP contribution in [0.1, 0.15) is 30.3 Å². The van der Waals surface area contributed by atoms with Crippen molar-refractivity contribution in [3.8, 4) is 34.5 Å². The number of aromatic hydroxyl groups is 1. The summed E-state index contributed by atoms with van der Waals surface area (Å²) in [5.41, 5.74) is 1.45. The highest BCUT2D eigenvalue weighted by atomic mass is 16.8. The lowest BCUT2D eigenvalue weighted by Gasteiger charge is -2.45. The van der Waals surface area contributed by atoms with E-state index in [1.54, 1.807) is 24.3 Å². The molecular weight excluding hydrogens is 680 g/mol. The molecule has 0 aromatic heterocycles. The molecule has 0 spiro atoms. The minimum absolute atomic E-state index is 0.0231. The van der Waals surface area contributed by atoms with Crippen LogP contribution in [-0.4, -0.2) is 145 Å². The molecule has 4 saturated heterocycles. The zero-order valence-corrected chi connectivity index (χ0v) is 28.7. The van der Waals surface area contributed by atoms with Gasteiger partial charge >= 0.3 is 0 Å². The molecule has 6 rings (SSSR count). The van der Waals surface area contributed by atoms with Gasteiger partial charge in [0.25, 0.3) is 0 Å². The monoisotopic (exact) mass is 726 g/mol. The fourth-order valence-electron chi connectivity index (χ4n) is 7.19. The van der Waals surface area contributed by atoms with Gasteiger partial charge in [-0.1, -0.05) is 0 Å². The van der Waals surface area contributed by atoms with Gasteiger partial charge in [0.15, 0.2) is 35.4 Å². The molecule has 0 saturated carbocycles. The van der Waals surface area contributed by atoms with Gasteiger partial charge in [-0.25, -0.2) is 0 Å². The molecule has 14 atom stereocenters. The molecule has 2 aromatic rings. The van der Waals surface area contributed by atoms with E-state index in [4.69, 9.17) is 47.4 Å². The summed E-state index contributed by atoms with van der Waals surface area (Å²) in [6.07, 6.45) is -15.8. The van der Waals surface area contributed by atoms with E-state index in [0.29, 0.717) is 18.8 Å². The lowest BCUT2D eigenvalue weighted by molar-refractivity contribution is -0.354. The number of aliphatic hydroxyl groups excluding tert-OH is 6. The van der Waals surface area contributed by atoms with Crippen molar-refractivity contribution >= 4 is 0 Å². The van der Waals surface area contributed by atoms with Crippen LogP contribution in [0.2, 0.25) is 0 Å². The number of hydrogen-bond acceptors (Lipinski definition) is 17. The summed E-state index contributed by atoms with van der Waals surface area (Å²) in [6.45, 7) is 1.51. The van der Waals surface area contributed by atoms with Crippen LogP contribution in [0.5, 0.6) is 34.5 Å². The molecule has 17 nitrogen and oxygen atoms in total. The molecule has 7 N–H and O–H groups in total. The molecule has 4 heterocycles. The summed E-state index contributed by atoms with van der Waals surface area (Å²) < 4.78 is 58.1. The van der Waals surface area contributed by atoms with Crippen LogP contribution in [0.3, 0.4) is 0 Å². The van der Waals surface area contributed by atoms with Crippen LogP contribution >= 0.6 is 0 Å². The Bertz CT molecular complexity index is 1460. The van der Waals surface area contributed by atoms with Crippen LogP contribution in [0.4, 0.5) is 0 Å². The van der Waals surface area contributed by atoms with Gasteiger partial charge in [-0.05, 0) is 42.3 Å². The largest absolute Gasteiger partial charge is 0.502 e. The number of phenols is 1. The second kappa shape index (κ2) is 15.4. The number of methoxy groups -OCH3 is 4. The SMILES string of the molecule is COc1cc([C@@H]2OC[C@H]3[C@H]2CO[C@H]3c2cc(OC)c(O[C@@H]3O[C@H](CO)[C@@H](O)[C@H](O)[C@H]3O[C@@H]3O[C@@H](C)[C@H](O)[C@@H](O)[C@H]3O)c(OC)c2)cc(OC)c1O. The van der Waals surface area contributed by atoms with Crippen molar-refractivity contribution in [3.63, 3.8) is 0 Å². The van der Waals surface area contributed by atoms with Gasteiger partial charge in [-0.15, -0.1) is 0 Å². The number of aliphatic hydroxyl groups is 6. The highest BCUT2D eigenvalue weighted by Gasteiger charge is 2.52. The summed E-state index contributed by atoms with van der Waals surface area (Å²) >= 11 is 0. The number of ether oxygens (including phenoxy) is 10. The van der Waals surface area contributed by atoms with Crippen molar-refractivity contribution in [1.29, 1.82) is 0 Å². The molecule has 0 amide bonds. The van der Waals surface area contributed by atoms with Crippen LogP contribution in [-0.2, 0) is 23.7 Å². The van der Waals surface area contributed by atoms with Crippen molar-refractivity contribution in [1.82, 2.24) is 0 Å². The summed E-state index contributed by atoms with van der Waals surface area (Å²) in [5, 5.41) is 73.0. The van der Waals surface area contributed by atoms with Gasteiger partial charge < -0.3 is 83.1 Å². The minimum Gasteiger partial charge on any atom is -0.502 e. The first-order valence-corrected chi connectivity index (χ1v) is 16.5. The normalized spacial score (nSPS) is 37.9. The third-order valence-electron chi connectivity index (χ3n) is 10.1. The quantitative estimate of drug-likeness (QED) is 0.155. The van der Waals surface area contributed by atoms with E-state index in [9.17, 15) is 35.7 Å². The molecule has 51 heavy (non-hydrogen) atoms. The van der Waals surface area contributed by atoms with E-state index >= 15 is 0 Å². The Balaban J connectivity index is 1.26. The van der Waals surface area contributed by atoms with Crippen molar-refractivity contribution in [2.75, 3.05) is 48.3 Å². The highest BCUT2D eigenvalue weighted by molar-refractivity contribution is 5.55. The fraction of sp³-hybridized carbons (Fsp3) is 0.647. The topological polar surface area (TPSA) is 234 Å². The Morgan fingerprint density at radius 2 is 1.16 bits per heavy atom. The minimum atomic E-state index is -1.73. The predicted octanol–water partition coefficient (Wildman–Crippen LogP) is -0.468. The molecule has 0 unspecified atom stereocenters. The molecule has 284 valence electrons. The molecule has 4 aliphatic rings. The van der Waals surface area contributed by atoms with Gasteiger partial charge in [-0.2, -0.15) is 0 Å². The smallest absolute Gasteiger partial charge is 0.230 e. The highest BCUT2D eigenvalue weighted by Crippen LogP contribution is 2.53. The van der Waals surface area contributed by atoms with Crippen molar-refractivity contribution in [2.45, 2.75) is 80.5 Å². The van der Waals surface area contributed by atoms with E-state index in [2.05, 4.69) is 0 Å². The Hall–Kier alpha value is -3.20. The lowest BCUT2D eigenvalue weighted by atomic mass is 9.84. The van der Waals surface area contributed by atoms with Crippen LogP contribution < -0.4 is 23.7 Å². The van der Waals surface area contributed by atoms with Gasteiger partial charge in [0, 0.05) is 11.8 Å². The van der Waals surface area contributed by atoms with Gasteiger partial charge in [0.2, 0.25) is 17.8 Å². The Morgan fingerprint density at radius 1 is 0.647 bits per heavy atom. The average molecular weight is 727 g/mol. The summed E-state index contributed by atoms with van der Waals surface area (Å²) in [4.78, 5) is 0. The molecule has 4 aliphatic heterocycles. The van der Waals surface area contributed by atoms with E-state index < -0.39 is 74.1 Å². The van der Waals surface area contributed by atoms with Crippen molar-refractivity contribution < 1.29 is 83.1 Å². The number of hydrogen-bond donors (Lipinski definition) is 7. The van der Waals surface area contributed by atoms with E-state index in [0.717, 1.165) is 5.56 Å². The number of fused-ring (bicyclic) bond motifs is 1. The molecule has 17 heteroatoms. The lowest BCUT2D eigenvalue weighted by Crippen LogP contribution is -2.64. The van der Waals surface area contributed by atoms with Gasteiger partial charge in [0.1, 0.15) is 36.6 Å².